The van der Waals surface area contributed by atoms with Gasteiger partial charge in [0.1, 0.15) is 11.5 Å². The minimum Gasteiger partial charge on any atom is -0.497 e. The number of nitrogens with zero attached hydrogens (tertiary/aromatic N) is 1. The lowest BCUT2D eigenvalue weighted by Crippen LogP contribution is -2.30. The highest BCUT2D eigenvalue weighted by atomic mass is 16.5. The summed E-state index contributed by atoms with van der Waals surface area (Å²) in [6.07, 6.45) is 0. The monoisotopic (exact) mass is 285 g/mol. The van der Waals surface area contributed by atoms with Gasteiger partial charge < -0.3 is 14.4 Å². The zero-order valence-electron chi connectivity index (χ0n) is 13.2. The highest BCUT2D eigenvalue weighted by molar-refractivity contribution is 5.50. The molecule has 0 aliphatic carbocycles. The van der Waals surface area contributed by atoms with Crippen molar-refractivity contribution in [2.24, 2.45) is 0 Å². The van der Waals surface area contributed by atoms with Crippen LogP contribution in [0.4, 0.5) is 5.69 Å². The molecule has 0 radical (unpaired) electrons. The van der Waals surface area contributed by atoms with Crippen LogP contribution >= 0.6 is 0 Å². The first-order chi connectivity index (χ1) is 10.1. The molecule has 0 amide bonds. The summed E-state index contributed by atoms with van der Waals surface area (Å²) < 4.78 is 10.4. The smallest absolute Gasteiger partial charge is 0.119 e. The summed E-state index contributed by atoms with van der Waals surface area (Å²) in [6.45, 7) is 5.27. The predicted molar refractivity (Wildman–Crippen MR) is 87.3 cm³/mol. The van der Waals surface area contributed by atoms with Gasteiger partial charge in [0.2, 0.25) is 0 Å². The van der Waals surface area contributed by atoms with Crippen molar-refractivity contribution in [2.75, 3.05) is 19.1 Å². The van der Waals surface area contributed by atoms with E-state index in [1.165, 1.54) is 11.3 Å². The Hall–Kier alpha value is -2.16. The van der Waals surface area contributed by atoms with Crippen molar-refractivity contribution in [3.05, 3.63) is 54.1 Å². The second-order valence-electron chi connectivity index (χ2n) is 5.27. The van der Waals surface area contributed by atoms with Crippen molar-refractivity contribution in [2.45, 2.75) is 26.4 Å². The van der Waals surface area contributed by atoms with Gasteiger partial charge in [-0.3, -0.25) is 0 Å². The highest BCUT2D eigenvalue weighted by Gasteiger charge is 2.11. The topological polar surface area (TPSA) is 21.7 Å². The molecule has 0 bridgehead atoms. The van der Waals surface area contributed by atoms with E-state index in [9.17, 15) is 0 Å². The molecule has 0 aliphatic heterocycles. The molecule has 0 aromatic heterocycles. The van der Waals surface area contributed by atoms with Crippen LogP contribution in [-0.2, 0) is 6.54 Å². The van der Waals surface area contributed by atoms with Crippen LogP contribution in [0.3, 0.4) is 0 Å². The SMILES string of the molecule is COc1ccc(CN(c2ccc(OC)cc2)C(C)C)cc1. The number of benzene rings is 2. The van der Waals surface area contributed by atoms with E-state index in [1.807, 2.05) is 24.3 Å². The average Bonchev–Trinajstić information content (AvgIpc) is 2.53. The summed E-state index contributed by atoms with van der Waals surface area (Å²) in [6, 6.07) is 16.8. The molecule has 0 fully saturated rings. The Bertz CT molecular complexity index is 546. The van der Waals surface area contributed by atoms with Gasteiger partial charge in [0, 0.05) is 18.3 Å². The van der Waals surface area contributed by atoms with Crippen LogP contribution in [-0.4, -0.2) is 20.3 Å². The van der Waals surface area contributed by atoms with Gasteiger partial charge in [0.25, 0.3) is 0 Å². The van der Waals surface area contributed by atoms with E-state index in [1.54, 1.807) is 14.2 Å². The highest BCUT2D eigenvalue weighted by Crippen LogP contribution is 2.23. The largest absolute Gasteiger partial charge is 0.497 e. The summed E-state index contributed by atoms with van der Waals surface area (Å²) in [5.74, 6) is 1.77. The van der Waals surface area contributed by atoms with Gasteiger partial charge in [0.05, 0.1) is 14.2 Å². The Morgan fingerprint density at radius 1 is 0.810 bits per heavy atom. The third-order valence-corrected chi connectivity index (χ3v) is 3.54. The summed E-state index contributed by atoms with van der Waals surface area (Å²) in [5.41, 5.74) is 2.46. The van der Waals surface area contributed by atoms with E-state index in [2.05, 4.69) is 43.0 Å². The fraction of sp³-hybridized carbons (Fsp3) is 0.333. The van der Waals surface area contributed by atoms with Crippen LogP contribution in [0.15, 0.2) is 48.5 Å². The first-order valence-corrected chi connectivity index (χ1v) is 7.17. The fourth-order valence-electron chi connectivity index (χ4n) is 2.27. The van der Waals surface area contributed by atoms with E-state index in [0.29, 0.717) is 6.04 Å². The summed E-state index contributed by atoms with van der Waals surface area (Å²) in [4.78, 5) is 2.36. The van der Waals surface area contributed by atoms with Gasteiger partial charge in [-0.1, -0.05) is 12.1 Å². The maximum atomic E-state index is 5.22. The van der Waals surface area contributed by atoms with Gasteiger partial charge in [0.15, 0.2) is 0 Å². The Labute approximate surface area is 127 Å². The van der Waals surface area contributed by atoms with Crippen LogP contribution in [0.5, 0.6) is 11.5 Å². The van der Waals surface area contributed by atoms with Crippen molar-refractivity contribution in [3.8, 4) is 11.5 Å². The maximum absolute atomic E-state index is 5.22. The molecule has 21 heavy (non-hydrogen) atoms. The average molecular weight is 285 g/mol. The number of hydrogen-bond donors (Lipinski definition) is 0. The normalized spacial score (nSPS) is 10.5. The number of methoxy groups -OCH3 is 2. The Balaban J connectivity index is 2.17. The zero-order valence-corrected chi connectivity index (χ0v) is 13.2. The molecule has 2 aromatic rings. The first-order valence-electron chi connectivity index (χ1n) is 7.17. The van der Waals surface area contributed by atoms with E-state index in [0.717, 1.165) is 18.0 Å². The van der Waals surface area contributed by atoms with E-state index < -0.39 is 0 Å². The zero-order chi connectivity index (χ0) is 15.2. The van der Waals surface area contributed by atoms with E-state index >= 15 is 0 Å². The maximum Gasteiger partial charge on any atom is 0.119 e. The van der Waals surface area contributed by atoms with Crippen molar-refractivity contribution in [1.29, 1.82) is 0 Å². The van der Waals surface area contributed by atoms with Gasteiger partial charge in [-0.25, -0.2) is 0 Å². The van der Waals surface area contributed by atoms with Crippen molar-refractivity contribution >= 4 is 5.69 Å². The number of hydrogen-bond acceptors (Lipinski definition) is 3. The number of anilines is 1. The predicted octanol–water partition coefficient (Wildman–Crippen LogP) is 4.12. The molecule has 0 unspecified atom stereocenters. The Kier molecular flexibility index (Phi) is 5.09. The van der Waals surface area contributed by atoms with Crippen molar-refractivity contribution < 1.29 is 9.47 Å². The second kappa shape index (κ2) is 7.02. The molecule has 0 atom stereocenters. The summed E-state index contributed by atoms with van der Waals surface area (Å²) in [7, 11) is 3.37. The summed E-state index contributed by atoms with van der Waals surface area (Å²) >= 11 is 0. The molecule has 3 nitrogen and oxygen atoms in total. The molecule has 0 aliphatic rings. The minimum atomic E-state index is 0.417. The van der Waals surface area contributed by atoms with Gasteiger partial charge in [-0.15, -0.1) is 0 Å². The second-order valence-corrected chi connectivity index (χ2v) is 5.27. The molecule has 0 saturated carbocycles. The van der Waals surface area contributed by atoms with E-state index in [4.69, 9.17) is 9.47 Å². The Morgan fingerprint density at radius 3 is 1.71 bits per heavy atom. The number of ether oxygens (including phenoxy) is 2. The molecule has 2 rings (SSSR count). The third kappa shape index (κ3) is 3.91. The van der Waals surface area contributed by atoms with Gasteiger partial charge in [-0.05, 0) is 55.8 Å². The van der Waals surface area contributed by atoms with Crippen LogP contribution in [0.25, 0.3) is 0 Å². The van der Waals surface area contributed by atoms with Gasteiger partial charge in [-0.2, -0.15) is 0 Å². The fourth-order valence-corrected chi connectivity index (χ4v) is 2.27. The molecule has 0 saturated heterocycles. The lowest BCUT2D eigenvalue weighted by Gasteiger charge is -2.29. The molecule has 3 heteroatoms. The Morgan fingerprint density at radius 2 is 1.29 bits per heavy atom. The van der Waals surface area contributed by atoms with Crippen LogP contribution < -0.4 is 14.4 Å². The number of rotatable bonds is 6. The lowest BCUT2D eigenvalue weighted by molar-refractivity contribution is 0.414. The molecular weight excluding hydrogens is 262 g/mol. The standard InChI is InChI=1S/C18H23NO2/c1-14(2)19(16-7-11-18(21-4)12-8-16)13-15-5-9-17(20-3)10-6-15/h5-12,14H,13H2,1-4H3. The third-order valence-electron chi connectivity index (χ3n) is 3.54. The molecule has 0 heterocycles. The summed E-state index contributed by atoms with van der Waals surface area (Å²) in [5, 5.41) is 0. The minimum absolute atomic E-state index is 0.417. The molecule has 0 N–H and O–H groups in total. The molecular formula is C18H23NO2. The van der Waals surface area contributed by atoms with Crippen molar-refractivity contribution in [3.63, 3.8) is 0 Å². The van der Waals surface area contributed by atoms with Gasteiger partial charge >= 0.3 is 0 Å². The van der Waals surface area contributed by atoms with Crippen molar-refractivity contribution in [1.82, 2.24) is 0 Å². The molecule has 2 aromatic carbocycles. The first kappa shape index (κ1) is 15.2. The van der Waals surface area contributed by atoms with Crippen LogP contribution in [0.2, 0.25) is 0 Å². The lowest BCUT2D eigenvalue weighted by atomic mass is 10.1. The molecule has 112 valence electrons. The molecule has 0 spiro atoms. The van der Waals surface area contributed by atoms with E-state index in [-0.39, 0.29) is 0 Å². The quantitative estimate of drug-likeness (QED) is 0.797. The van der Waals surface area contributed by atoms with Crippen LogP contribution in [0, 0.1) is 0 Å². The van der Waals surface area contributed by atoms with Crippen LogP contribution in [0.1, 0.15) is 19.4 Å².